The molecule has 1 saturated heterocycles. The molecule has 1 aromatic carbocycles. The van der Waals surface area contributed by atoms with Crippen molar-refractivity contribution in [2.75, 3.05) is 26.0 Å². The van der Waals surface area contributed by atoms with Crippen molar-refractivity contribution in [1.82, 2.24) is 9.88 Å². The van der Waals surface area contributed by atoms with Gasteiger partial charge in [-0.15, -0.1) is 0 Å². The Balaban J connectivity index is 1.77. The monoisotopic (exact) mass is 420 g/mol. The van der Waals surface area contributed by atoms with Crippen LogP contribution < -0.4 is 11.5 Å². The minimum atomic E-state index is -0.691. The predicted octanol–water partition coefficient (Wildman–Crippen LogP) is 2.04. The van der Waals surface area contributed by atoms with E-state index in [-0.39, 0.29) is 12.0 Å². The van der Waals surface area contributed by atoms with Crippen molar-refractivity contribution in [2.24, 2.45) is 11.5 Å². The van der Waals surface area contributed by atoms with Crippen molar-refractivity contribution in [3.63, 3.8) is 0 Å². The quantitative estimate of drug-likeness (QED) is 0.629. The van der Waals surface area contributed by atoms with Gasteiger partial charge in [-0.05, 0) is 31.0 Å². The molecule has 9 heteroatoms. The number of hydrogen-bond donors (Lipinski definition) is 2. The highest BCUT2D eigenvalue weighted by atomic mass is 33.1. The summed E-state index contributed by atoms with van der Waals surface area (Å²) >= 11 is 0. The molecule has 1 aliphatic heterocycles. The Labute approximate surface area is 171 Å². The fourth-order valence-corrected chi connectivity index (χ4v) is 5.34. The Morgan fingerprint density at radius 1 is 1.39 bits per heavy atom. The molecule has 1 fully saturated rings. The maximum absolute atomic E-state index is 13.0. The van der Waals surface area contributed by atoms with Crippen LogP contribution in [-0.4, -0.2) is 59.8 Å². The third-order valence-electron chi connectivity index (χ3n) is 4.57. The van der Waals surface area contributed by atoms with Gasteiger partial charge in [-0.25, -0.2) is 0 Å². The SMILES string of the molecule is CN(CC1CCCO1)C(=O)c1ccc(SSC[C@H](N)C(N)=O)c2ncccc12. The highest BCUT2D eigenvalue weighted by Crippen LogP contribution is 2.36. The number of pyridine rings is 1. The zero-order valence-electron chi connectivity index (χ0n) is 15.7. The Bertz CT molecular complexity index is 858. The normalized spacial score (nSPS) is 17.6. The second-order valence-electron chi connectivity index (χ2n) is 6.71. The van der Waals surface area contributed by atoms with E-state index in [2.05, 4.69) is 4.98 Å². The lowest BCUT2D eigenvalue weighted by Crippen LogP contribution is -2.38. The number of ether oxygens (including phenoxy) is 1. The number of benzene rings is 1. The third kappa shape index (κ3) is 4.96. The van der Waals surface area contributed by atoms with Gasteiger partial charge in [0, 0.05) is 48.0 Å². The Morgan fingerprint density at radius 3 is 2.93 bits per heavy atom. The highest BCUT2D eigenvalue weighted by Gasteiger charge is 2.22. The fraction of sp³-hybridized carbons (Fsp3) is 0.421. The first-order valence-electron chi connectivity index (χ1n) is 9.06. The van der Waals surface area contributed by atoms with Crippen LogP contribution in [0.15, 0.2) is 35.4 Å². The summed E-state index contributed by atoms with van der Waals surface area (Å²) in [7, 11) is 4.71. The Hall–Kier alpha value is -1.81. The number of aromatic nitrogens is 1. The standard InChI is InChI=1S/C19H24N4O3S2/c1-23(10-12-4-3-9-26-12)19(25)14-6-7-16(17-13(14)5-2-8-22-17)28-27-11-15(20)18(21)24/h2,5-8,12,15H,3-4,9-11,20H2,1H3,(H2,21,24)/t12?,15-/m0/s1. The van der Waals surface area contributed by atoms with Crippen molar-refractivity contribution in [3.8, 4) is 0 Å². The van der Waals surface area contributed by atoms with E-state index in [1.54, 1.807) is 18.1 Å². The van der Waals surface area contributed by atoms with E-state index < -0.39 is 11.9 Å². The molecule has 2 aromatic rings. The molecule has 0 bridgehead atoms. The second-order valence-corrected chi connectivity index (χ2v) is 9.09. The van der Waals surface area contributed by atoms with Crippen LogP contribution in [0.3, 0.4) is 0 Å². The lowest BCUT2D eigenvalue weighted by atomic mass is 10.1. The summed E-state index contributed by atoms with van der Waals surface area (Å²) in [5.74, 6) is -0.168. The average Bonchev–Trinajstić information content (AvgIpc) is 3.20. The highest BCUT2D eigenvalue weighted by molar-refractivity contribution is 8.76. The van der Waals surface area contributed by atoms with E-state index in [0.717, 1.165) is 35.2 Å². The first-order valence-corrected chi connectivity index (χ1v) is 11.4. The number of amides is 2. The molecule has 0 saturated carbocycles. The maximum Gasteiger partial charge on any atom is 0.254 e. The van der Waals surface area contributed by atoms with Crippen LogP contribution in [0.5, 0.6) is 0 Å². The zero-order valence-corrected chi connectivity index (χ0v) is 17.3. The summed E-state index contributed by atoms with van der Waals surface area (Å²) in [5.41, 5.74) is 12.2. The minimum absolute atomic E-state index is 0.0477. The molecule has 0 aliphatic carbocycles. The molecular weight excluding hydrogens is 396 g/mol. The summed E-state index contributed by atoms with van der Waals surface area (Å²) in [6.07, 6.45) is 3.85. The van der Waals surface area contributed by atoms with E-state index in [4.69, 9.17) is 16.2 Å². The van der Waals surface area contributed by atoms with Gasteiger partial charge in [0.1, 0.15) is 0 Å². The average molecular weight is 421 g/mol. The molecule has 28 heavy (non-hydrogen) atoms. The number of carbonyl (C=O) groups excluding carboxylic acids is 2. The summed E-state index contributed by atoms with van der Waals surface area (Å²) in [6.45, 7) is 1.35. The van der Waals surface area contributed by atoms with Crippen LogP contribution in [0, 0.1) is 0 Å². The maximum atomic E-state index is 13.0. The van der Waals surface area contributed by atoms with Crippen LogP contribution in [0.2, 0.25) is 0 Å². The molecule has 1 aromatic heterocycles. The van der Waals surface area contributed by atoms with Gasteiger partial charge in [0.2, 0.25) is 5.91 Å². The van der Waals surface area contributed by atoms with Crippen molar-refractivity contribution < 1.29 is 14.3 Å². The van der Waals surface area contributed by atoms with Gasteiger partial charge < -0.3 is 21.1 Å². The molecule has 0 radical (unpaired) electrons. The summed E-state index contributed by atoms with van der Waals surface area (Å²) in [6, 6.07) is 6.75. The van der Waals surface area contributed by atoms with Crippen LogP contribution in [-0.2, 0) is 9.53 Å². The lowest BCUT2D eigenvalue weighted by molar-refractivity contribution is -0.118. The first-order chi connectivity index (χ1) is 13.5. The molecule has 7 nitrogen and oxygen atoms in total. The Kier molecular flexibility index (Phi) is 7.17. The fourth-order valence-electron chi connectivity index (χ4n) is 3.04. The number of primary amides is 1. The van der Waals surface area contributed by atoms with Gasteiger partial charge in [0.05, 0.1) is 17.7 Å². The molecule has 0 spiro atoms. The van der Waals surface area contributed by atoms with Crippen LogP contribution in [0.25, 0.3) is 10.9 Å². The van der Waals surface area contributed by atoms with Gasteiger partial charge in [-0.2, -0.15) is 0 Å². The molecule has 150 valence electrons. The molecule has 4 N–H and O–H groups in total. The van der Waals surface area contributed by atoms with Crippen molar-refractivity contribution in [3.05, 3.63) is 36.0 Å². The van der Waals surface area contributed by atoms with E-state index in [0.29, 0.717) is 17.9 Å². The number of nitrogens with zero attached hydrogens (tertiary/aromatic N) is 2. The number of rotatable bonds is 8. The molecule has 1 unspecified atom stereocenters. The van der Waals surface area contributed by atoms with Crippen LogP contribution in [0.1, 0.15) is 23.2 Å². The van der Waals surface area contributed by atoms with Crippen LogP contribution >= 0.6 is 21.6 Å². The number of fused-ring (bicyclic) bond motifs is 1. The van der Waals surface area contributed by atoms with Crippen molar-refractivity contribution >= 4 is 44.3 Å². The smallest absolute Gasteiger partial charge is 0.254 e. The summed E-state index contributed by atoms with van der Waals surface area (Å²) in [5, 5.41) is 0.802. The number of likely N-dealkylation sites (N-methyl/N-ethyl adjacent to an activating group) is 1. The largest absolute Gasteiger partial charge is 0.376 e. The van der Waals surface area contributed by atoms with Gasteiger partial charge in [0.25, 0.3) is 5.91 Å². The van der Waals surface area contributed by atoms with Gasteiger partial charge >= 0.3 is 0 Å². The zero-order chi connectivity index (χ0) is 20.1. The predicted molar refractivity (Wildman–Crippen MR) is 113 cm³/mol. The van der Waals surface area contributed by atoms with Crippen LogP contribution in [0.4, 0.5) is 0 Å². The third-order valence-corrected chi connectivity index (χ3v) is 7.00. The minimum Gasteiger partial charge on any atom is -0.376 e. The summed E-state index contributed by atoms with van der Waals surface area (Å²) in [4.78, 5) is 31.2. The lowest BCUT2D eigenvalue weighted by Gasteiger charge is -2.21. The topological polar surface area (TPSA) is 112 Å². The summed E-state index contributed by atoms with van der Waals surface area (Å²) < 4.78 is 5.64. The number of nitrogens with two attached hydrogens (primary N) is 2. The Morgan fingerprint density at radius 2 is 2.21 bits per heavy atom. The molecular formula is C19H24N4O3S2. The number of carbonyl (C=O) groups is 2. The first kappa shape index (κ1) is 20.9. The van der Waals surface area contributed by atoms with Gasteiger partial charge in [-0.1, -0.05) is 27.7 Å². The molecule has 3 rings (SSSR count). The van der Waals surface area contributed by atoms with E-state index in [1.165, 1.54) is 21.6 Å². The van der Waals surface area contributed by atoms with Crippen molar-refractivity contribution in [2.45, 2.75) is 29.9 Å². The van der Waals surface area contributed by atoms with Gasteiger partial charge in [-0.3, -0.25) is 14.6 Å². The van der Waals surface area contributed by atoms with E-state index in [9.17, 15) is 9.59 Å². The van der Waals surface area contributed by atoms with Crippen molar-refractivity contribution in [1.29, 1.82) is 0 Å². The second kappa shape index (κ2) is 9.60. The number of hydrogen-bond acceptors (Lipinski definition) is 7. The van der Waals surface area contributed by atoms with E-state index in [1.807, 2.05) is 24.3 Å². The molecule has 1 aliphatic rings. The molecule has 2 heterocycles. The van der Waals surface area contributed by atoms with Gasteiger partial charge in [0.15, 0.2) is 0 Å². The molecule has 2 amide bonds. The van der Waals surface area contributed by atoms with E-state index >= 15 is 0 Å². The molecule has 2 atom stereocenters.